The van der Waals surface area contributed by atoms with E-state index in [2.05, 4.69) is 21.4 Å². The van der Waals surface area contributed by atoms with Gasteiger partial charge in [0.2, 0.25) is 0 Å². The summed E-state index contributed by atoms with van der Waals surface area (Å²) < 4.78 is 52.1. The maximum Gasteiger partial charge on any atom is 0.416 e. The van der Waals surface area contributed by atoms with Crippen LogP contribution in [0.2, 0.25) is 0 Å². The van der Waals surface area contributed by atoms with Crippen molar-refractivity contribution in [2.75, 3.05) is 0 Å². The fourth-order valence-electron chi connectivity index (χ4n) is 1.97. The lowest BCUT2D eigenvalue weighted by atomic mass is 9.98. The Balaban J connectivity index is 2.37. The minimum Gasteiger partial charge on any atom is -0.271 e. The summed E-state index contributed by atoms with van der Waals surface area (Å²) in [5.41, 5.74) is 2.34. The van der Waals surface area contributed by atoms with Gasteiger partial charge in [-0.05, 0) is 29.8 Å². The van der Waals surface area contributed by atoms with Gasteiger partial charge in [-0.1, -0.05) is 34.1 Å². The molecule has 0 saturated carbocycles. The quantitative estimate of drug-likeness (QED) is 0.488. The SMILES string of the molecule is NNC(c1ccc(C(F)(F)F)cc1)c1ccc(Br)cc1F. The van der Waals surface area contributed by atoms with Crippen molar-refractivity contribution < 1.29 is 17.6 Å². The fraction of sp³-hybridized carbons (Fsp3) is 0.143. The highest BCUT2D eigenvalue weighted by atomic mass is 79.9. The highest BCUT2D eigenvalue weighted by molar-refractivity contribution is 9.10. The standard InChI is InChI=1S/C14H11BrF4N2/c15-10-5-6-11(12(16)7-10)13(21-20)8-1-3-9(4-2-8)14(17,18)19/h1-7,13,21H,20H2. The van der Waals surface area contributed by atoms with Gasteiger partial charge in [0.05, 0.1) is 11.6 Å². The summed E-state index contributed by atoms with van der Waals surface area (Å²) in [6.45, 7) is 0. The molecule has 21 heavy (non-hydrogen) atoms. The third-order valence-electron chi connectivity index (χ3n) is 3.01. The number of nitrogens with two attached hydrogens (primary N) is 1. The summed E-state index contributed by atoms with van der Waals surface area (Å²) in [4.78, 5) is 0. The zero-order valence-corrected chi connectivity index (χ0v) is 12.2. The first-order valence-corrected chi connectivity index (χ1v) is 6.70. The van der Waals surface area contributed by atoms with Gasteiger partial charge in [0.25, 0.3) is 0 Å². The van der Waals surface area contributed by atoms with E-state index in [1.807, 2.05) is 0 Å². The van der Waals surface area contributed by atoms with Crippen LogP contribution in [0.25, 0.3) is 0 Å². The fourth-order valence-corrected chi connectivity index (χ4v) is 2.30. The summed E-state index contributed by atoms with van der Waals surface area (Å²) in [6, 6.07) is 8.11. The molecule has 2 aromatic carbocycles. The summed E-state index contributed by atoms with van der Waals surface area (Å²) >= 11 is 3.14. The molecule has 2 rings (SSSR count). The molecule has 0 fully saturated rings. The van der Waals surface area contributed by atoms with Gasteiger partial charge >= 0.3 is 6.18 Å². The van der Waals surface area contributed by atoms with Crippen molar-refractivity contribution in [3.05, 3.63) is 69.4 Å². The third kappa shape index (κ3) is 3.61. The molecule has 0 amide bonds. The zero-order chi connectivity index (χ0) is 15.6. The molecule has 3 N–H and O–H groups in total. The highest BCUT2D eigenvalue weighted by Crippen LogP contribution is 2.31. The van der Waals surface area contributed by atoms with Gasteiger partial charge in [-0.25, -0.2) is 9.82 Å². The lowest BCUT2D eigenvalue weighted by molar-refractivity contribution is -0.137. The Kier molecular flexibility index (Phi) is 4.65. The van der Waals surface area contributed by atoms with Crippen LogP contribution in [0, 0.1) is 5.82 Å². The van der Waals surface area contributed by atoms with Gasteiger partial charge in [0.15, 0.2) is 0 Å². The van der Waals surface area contributed by atoms with E-state index in [0.717, 1.165) is 12.1 Å². The van der Waals surface area contributed by atoms with E-state index in [0.29, 0.717) is 10.0 Å². The van der Waals surface area contributed by atoms with Crippen molar-refractivity contribution >= 4 is 15.9 Å². The predicted molar refractivity (Wildman–Crippen MR) is 74.7 cm³/mol. The van der Waals surface area contributed by atoms with Gasteiger partial charge < -0.3 is 0 Å². The van der Waals surface area contributed by atoms with Crippen LogP contribution in [0.4, 0.5) is 17.6 Å². The van der Waals surface area contributed by atoms with E-state index in [-0.39, 0.29) is 5.56 Å². The molecule has 2 aromatic rings. The molecule has 1 atom stereocenters. The molecule has 7 heteroatoms. The van der Waals surface area contributed by atoms with E-state index in [1.165, 1.54) is 24.3 Å². The van der Waals surface area contributed by atoms with Crippen molar-refractivity contribution in [3.8, 4) is 0 Å². The van der Waals surface area contributed by atoms with Crippen LogP contribution in [0.5, 0.6) is 0 Å². The molecule has 112 valence electrons. The van der Waals surface area contributed by atoms with Crippen molar-refractivity contribution in [3.63, 3.8) is 0 Å². The zero-order valence-electron chi connectivity index (χ0n) is 10.6. The first-order valence-electron chi connectivity index (χ1n) is 5.91. The Morgan fingerprint density at radius 3 is 2.14 bits per heavy atom. The van der Waals surface area contributed by atoms with Crippen molar-refractivity contribution in [1.29, 1.82) is 0 Å². The number of rotatable bonds is 3. The monoisotopic (exact) mass is 362 g/mol. The smallest absolute Gasteiger partial charge is 0.271 e. The molecular weight excluding hydrogens is 352 g/mol. The van der Waals surface area contributed by atoms with E-state index < -0.39 is 23.6 Å². The Labute approximate surface area is 127 Å². The number of halogens is 5. The molecule has 2 nitrogen and oxygen atoms in total. The van der Waals surface area contributed by atoms with Crippen molar-refractivity contribution in [2.24, 2.45) is 5.84 Å². The molecule has 0 spiro atoms. The van der Waals surface area contributed by atoms with E-state index in [1.54, 1.807) is 6.07 Å². The summed E-state index contributed by atoms with van der Waals surface area (Å²) in [6.07, 6.45) is -4.41. The normalized spacial score (nSPS) is 13.2. The number of hydrazine groups is 1. The molecule has 0 aliphatic carbocycles. The number of benzene rings is 2. The molecule has 0 aliphatic heterocycles. The Morgan fingerprint density at radius 1 is 1.05 bits per heavy atom. The largest absolute Gasteiger partial charge is 0.416 e. The minimum absolute atomic E-state index is 0.250. The summed E-state index contributed by atoms with van der Waals surface area (Å²) in [5.74, 6) is 4.91. The topological polar surface area (TPSA) is 38.0 Å². The molecular formula is C14H11BrF4N2. The number of alkyl halides is 3. The van der Waals surface area contributed by atoms with Gasteiger partial charge in [-0.3, -0.25) is 5.84 Å². The van der Waals surface area contributed by atoms with Gasteiger partial charge in [-0.2, -0.15) is 13.2 Å². The Bertz CT molecular complexity index is 626. The maximum absolute atomic E-state index is 13.9. The second kappa shape index (κ2) is 6.13. The Hall–Kier alpha value is -1.44. The first-order chi connectivity index (χ1) is 9.82. The molecule has 1 unspecified atom stereocenters. The number of hydrogen-bond acceptors (Lipinski definition) is 2. The number of hydrogen-bond donors (Lipinski definition) is 2. The molecule has 0 heterocycles. The number of nitrogens with one attached hydrogen (secondary N) is 1. The van der Waals surface area contributed by atoms with E-state index in [4.69, 9.17) is 5.84 Å². The van der Waals surface area contributed by atoms with Crippen LogP contribution in [-0.4, -0.2) is 0 Å². The molecule has 0 aliphatic rings. The van der Waals surface area contributed by atoms with E-state index in [9.17, 15) is 17.6 Å². The van der Waals surface area contributed by atoms with Crippen molar-refractivity contribution in [1.82, 2.24) is 5.43 Å². The van der Waals surface area contributed by atoms with Gasteiger partial charge in [0.1, 0.15) is 5.82 Å². The highest BCUT2D eigenvalue weighted by Gasteiger charge is 2.30. The molecule has 0 aromatic heterocycles. The maximum atomic E-state index is 13.9. The lowest BCUT2D eigenvalue weighted by Crippen LogP contribution is -2.29. The van der Waals surface area contributed by atoms with Crippen LogP contribution in [0.15, 0.2) is 46.9 Å². The Morgan fingerprint density at radius 2 is 1.67 bits per heavy atom. The van der Waals surface area contributed by atoms with Crippen molar-refractivity contribution in [2.45, 2.75) is 12.2 Å². The molecule has 0 saturated heterocycles. The van der Waals surface area contributed by atoms with Crippen LogP contribution in [0.1, 0.15) is 22.7 Å². The van der Waals surface area contributed by atoms with Crippen LogP contribution in [0.3, 0.4) is 0 Å². The summed E-state index contributed by atoms with van der Waals surface area (Å²) in [7, 11) is 0. The first kappa shape index (κ1) is 15.9. The minimum atomic E-state index is -4.41. The van der Waals surface area contributed by atoms with Gasteiger partial charge in [-0.15, -0.1) is 0 Å². The molecule has 0 radical (unpaired) electrons. The second-order valence-electron chi connectivity index (χ2n) is 4.39. The van der Waals surface area contributed by atoms with E-state index >= 15 is 0 Å². The molecule has 0 bridgehead atoms. The second-order valence-corrected chi connectivity index (χ2v) is 5.30. The summed E-state index contributed by atoms with van der Waals surface area (Å²) in [5, 5.41) is 0. The van der Waals surface area contributed by atoms with Crippen LogP contribution in [-0.2, 0) is 6.18 Å². The average Bonchev–Trinajstić information content (AvgIpc) is 2.41. The third-order valence-corrected chi connectivity index (χ3v) is 3.50. The lowest BCUT2D eigenvalue weighted by Gasteiger charge is -2.18. The van der Waals surface area contributed by atoms with Gasteiger partial charge in [0, 0.05) is 10.0 Å². The van der Waals surface area contributed by atoms with Crippen LogP contribution < -0.4 is 11.3 Å². The van der Waals surface area contributed by atoms with Crippen LogP contribution >= 0.6 is 15.9 Å². The average molecular weight is 363 g/mol. The predicted octanol–water partition coefficient (Wildman–Crippen LogP) is 4.16.